The van der Waals surface area contributed by atoms with E-state index in [1.54, 1.807) is 30.5 Å². The molecule has 0 aliphatic heterocycles. The summed E-state index contributed by atoms with van der Waals surface area (Å²) in [6.45, 7) is 2.35. The zero-order valence-corrected chi connectivity index (χ0v) is 13.0. The van der Waals surface area contributed by atoms with E-state index in [0.29, 0.717) is 17.7 Å². The summed E-state index contributed by atoms with van der Waals surface area (Å²) in [5.41, 5.74) is 4.52. The maximum absolute atomic E-state index is 11.9. The smallest absolute Gasteiger partial charge is 0.271 e. The Morgan fingerprint density at radius 3 is 2.26 bits per heavy atom. The van der Waals surface area contributed by atoms with Crippen LogP contribution in [0.15, 0.2) is 59.7 Å². The van der Waals surface area contributed by atoms with Crippen molar-refractivity contribution in [1.82, 2.24) is 10.7 Å². The standard InChI is InChI=1S/C18H19N3O2/c1-2-12-20-21-18(23)16-10-8-14(9-11-16)13-19-17(22)15-6-4-3-5-7-15/h3-12H,2,13H2,1H3,(H,19,22)(H,21,23). The van der Waals surface area contributed by atoms with Gasteiger partial charge in [0, 0.05) is 23.9 Å². The summed E-state index contributed by atoms with van der Waals surface area (Å²) < 4.78 is 0. The zero-order chi connectivity index (χ0) is 16.5. The van der Waals surface area contributed by atoms with Crippen LogP contribution < -0.4 is 10.7 Å². The average molecular weight is 309 g/mol. The molecule has 0 bridgehead atoms. The molecule has 2 aromatic carbocycles. The van der Waals surface area contributed by atoms with Crippen LogP contribution >= 0.6 is 0 Å². The SMILES string of the molecule is CCC=NNC(=O)c1ccc(CNC(=O)c2ccccc2)cc1. The van der Waals surface area contributed by atoms with E-state index in [2.05, 4.69) is 15.8 Å². The van der Waals surface area contributed by atoms with Gasteiger partial charge >= 0.3 is 0 Å². The van der Waals surface area contributed by atoms with E-state index >= 15 is 0 Å². The quantitative estimate of drug-likeness (QED) is 0.636. The molecule has 5 nitrogen and oxygen atoms in total. The highest BCUT2D eigenvalue weighted by atomic mass is 16.2. The number of nitrogens with one attached hydrogen (secondary N) is 2. The van der Waals surface area contributed by atoms with Crippen molar-refractivity contribution in [3.8, 4) is 0 Å². The van der Waals surface area contributed by atoms with Gasteiger partial charge in [0.25, 0.3) is 11.8 Å². The number of carbonyl (C=O) groups excluding carboxylic acids is 2. The lowest BCUT2D eigenvalue weighted by molar-refractivity contribution is 0.0943. The molecule has 0 saturated carbocycles. The second kappa shape index (κ2) is 8.48. The van der Waals surface area contributed by atoms with Gasteiger partial charge in [-0.2, -0.15) is 5.10 Å². The third-order valence-electron chi connectivity index (χ3n) is 3.15. The van der Waals surface area contributed by atoms with Gasteiger partial charge in [0.15, 0.2) is 0 Å². The van der Waals surface area contributed by atoms with Gasteiger partial charge in [0.05, 0.1) is 0 Å². The number of carbonyl (C=O) groups is 2. The summed E-state index contributed by atoms with van der Waals surface area (Å²) in [5.74, 6) is -0.379. The summed E-state index contributed by atoms with van der Waals surface area (Å²) in [6, 6.07) is 16.1. The van der Waals surface area contributed by atoms with Crippen LogP contribution in [0, 0.1) is 0 Å². The van der Waals surface area contributed by atoms with Crippen LogP contribution in [0.1, 0.15) is 39.6 Å². The first-order valence-electron chi connectivity index (χ1n) is 7.44. The first-order chi connectivity index (χ1) is 11.2. The maximum atomic E-state index is 11.9. The summed E-state index contributed by atoms with van der Waals surface area (Å²) in [5, 5.41) is 6.64. The second-order valence-electron chi connectivity index (χ2n) is 4.91. The molecule has 0 aromatic heterocycles. The highest BCUT2D eigenvalue weighted by Gasteiger charge is 2.06. The van der Waals surface area contributed by atoms with E-state index in [-0.39, 0.29) is 11.8 Å². The molecule has 2 rings (SSSR count). The van der Waals surface area contributed by atoms with Crippen molar-refractivity contribution in [2.24, 2.45) is 5.10 Å². The molecule has 2 aromatic rings. The fourth-order valence-corrected chi connectivity index (χ4v) is 1.91. The molecular weight excluding hydrogens is 290 g/mol. The molecule has 0 atom stereocenters. The first-order valence-corrected chi connectivity index (χ1v) is 7.44. The molecule has 2 amide bonds. The maximum Gasteiger partial charge on any atom is 0.271 e. The van der Waals surface area contributed by atoms with Gasteiger partial charge in [0.2, 0.25) is 0 Å². The van der Waals surface area contributed by atoms with Crippen LogP contribution in [-0.4, -0.2) is 18.0 Å². The monoisotopic (exact) mass is 309 g/mol. The molecule has 2 N–H and O–H groups in total. The van der Waals surface area contributed by atoms with Gasteiger partial charge < -0.3 is 5.32 Å². The molecule has 118 valence electrons. The Hall–Kier alpha value is -2.95. The first kappa shape index (κ1) is 16.4. The summed E-state index contributed by atoms with van der Waals surface area (Å²) in [7, 11) is 0. The van der Waals surface area contributed by atoms with Gasteiger partial charge in [-0.3, -0.25) is 9.59 Å². The van der Waals surface area contributed by atoms with Crippen LogP contribution in [0.3, 0.4) is 0 Å². The normalized spacial score (nSPS) is 10.5. The third kappa shape index (κ3) is 5.07. The Labute approximate surface area is 135 Å². The average Bonchev–Trinajstić information content (AvgIpc) is 2.61. The molecule has 0 aliphatic rings. The second-order valence-corrected chi connectivity index (χ2v) is 4.91. The number of hydrogen-bond acceptors (Lipinski definition) is 3. The molecule has 0 aliphatic carbocycles. The van der Waals surface area contributed by atoms with Crippen LogP contribution in [0.25, 0.3) is 0 Å². The molecule has 5 heteroatoms. The van der Waals surface area contributed by atoms with E-state index in [1.807, 2.05) is 37.3 Å². The Balaban J connectivity index is 1.89. The molecule has 0 radical (unpaired) electrons. The highest BCUT2D eigenvalue weighted by Crippen LogP contribution is 2.05. The van der Waals surface area contributed by atoms with E-state index in [0.717, 1.165) is 12.0 Å². The lowest BCUT2D eigenvalue weighted by Gasteiger charge is -2.06. The predicted molar refractivity (Wildman–Crippen MR) is 90.3 cm³/mol. The molecule has 23 heavy (non-hydrogen) atoms. The Bertz CT molecular complexity index is 679. The minimum Gasteiger partial charge on any atom is -0.348 e. The highest BCUT2D eigenvalue weighted by molar-refractivity contribution is 5.95. The fraction of sp³-hybridized carbons (Fsp3) is 0.167. The minimum atomic E-state index is -0.255. The van der Waals surface area contributed by atoms with Crippen molar-refractivity contribution in [2.75, 3.05) is 0 Å². The number of rotatable bonds is 6. The van der Waals surface area contributed by atoms with Crippen molar-refractivity contribution >= 4 is 18.0 Å². The largest absolute Gasteiger partial charge is 0.348 e. The molecule has 0 unspecified atom stereocenters. The Morgan fingerprint density at radius 1 is 0.957 bits per heavy atom. The van der Waals surface area contributed by atoms with Crippen LogP contribution in [0.5, 0.6) is 0 Å². The van der Waals surface area contributed by atoms with Gasteiger partial charge in [-0.15, -0.1) is 0 Å². The third-order valence-corrected chi connectivity index (χ3v) is 3.15. The Morgan fingerprint density at radius 2 is 1.61 bits per heavy atom. The summed E-state index contributed by atoms with van der Waals surface area (Å²) in [4.78, 5) is 23.7. The molecule has 0 fully saturated rings. The van der Waals surface area contributed by atoms with E-state index < -0.39 is 0 Å². The van der Waals surface area contributed by atoms with Gasteiger partial charge in [-0.1, -0.05) is 37.3 Å². The van der Waals surface area contributed by atoms with Crippen molar-refractivity contribution < 1.29 is 9.59 Å². The van der Waals surface area contributed by atoms with Crippen molar-refractivity contribution in [3.05, 3.63) is 71.3 Å². The number of hydrogen-bond donors (Lipinski definition) is 2. The molecule has 0 heterocycles. The minimum absolute atomic E-state index is 0.124. The van der Waals surface area contributed by atoms with Crippen molar-refractivity contribution in [3.63, 3.8) is 0 Å². The lowest BCUT2D eigenvalue weighted by atomic mass is 10.1. The van der Waals surface area contributed by atoms with Crippen LogP contribution in [0.4, 0.5) is 0 Å². The number of nitrogens with zero attached hydrogens (tertiary/aromatic N) is 1. The van der Waals surface area contributed by atoms with Crippen molar-refractivity contribution in [1.29, 1.82) is 0 Å². The van der Waals surface area contributed by atoms with Crippen LogP contribution in [-0.2, 0) is 6.54 Å². The lowest BCUT2D eigenvalue weighted by Crippen LogP contribution is -2.22. The Kier molecular flexibility index (Phi) is 6.06. The van der Waals surface area contributed by atoms with E-state index in [4.69, 9.17) is 0 Å². The van der Waals surface area contributed by atoms with Crippen LogP contribution in [0.2, 0.25) is 0 Å². The summed E-state index contributed by atoms with van der Waals surface area (Å²) >= 11 is 0. The van der Waals surface area contributed by atoms with Gasteiger partial charge in [0.1, 0.15) is 0 Å². The topological polar surface area (TPSA) is 70.6 Å². The fourth-order valence-electron chi connectivity index (χ4n) is 1.91. The zero-order valence-electron chi connectivity index (χ0n) is 13.0. The number of benzene rings is 2. The number of amides is 2. The van der Waals surface area contributed by atoms with Crippen molar-refractivity contribution in [2.45, 2.75) is 19.9 Å². The predicted octanol–water partition coefficient (Wildman–Crippen LogP) is 2.74. The molecule has 0 saturated heterocycles. The number of hydrazone groups is 1. The van der Waals surface area contributed by atoms with E-state index in [9.17, 15) is 9.59 Å². The van der Waals surface area contributed by atoms with Gasteiger partial charge in [-0.25, -0.2) is 5.43 Å². The van der Waals surface area contributed by atoms with Gasteiger partial charge in [-0.05, 0) is 36.2 Å². The van der Waals surface area contributed by atoms with E-state index in [1.165, 1.54) is 0 Å². The summed E-state index contributed by atoms with van der Waals surface area (Å²) in [6.07, 6.45) is 2.39. The molecule has 0 spiro atoms. The molecular formula is C18H19N3O2.